The van der Waals surface area contributed by atoms with Gasteiger partial charge in [-0.25, -0.2) is 9.48 Å². The standard InChI is InChI=1S/C24H35N5O2/c1-4-31-24(30)28-13-11-27(12-14-28)21-7-5-9-26(17-21)18-22-20(3)15-19(2)16-23(22)29-10-6-8-25-29/h6,8,10,15-16,21H,4-5,7,9,11-14,17-18H2,1-3H3. The normalized spacial score (nSPS) is 20.7. The molecule has 3 heterocycles. The average molecular weight is 426 g/mol. The van der Waals surface area contributed by atoms with Crippen LogP contribution in [0.15, 0.2) is 30.6 Å². The van der Waals surface area contributed by atoms with Gasteiger partial charge in [0.1, 0.15) is 0 Å². The summed E-state index contributed by atoms with van der Waals surface area (Å²) >= 11 is 0. The van der Waals surface area contributed by atoms with Crippen molar-refractivity contribution in [1.29, 1.82) is 0 Å². The van der Waals surface area contributed by atoms with Gasteiger partial charge in [-0.05, 0) is 69.0 Å². The Kier molecular flexibility index (Phi) is 6.92. The van der Waals surface area contributed by atoms with E-state index < -0.39 is 0 Å². The summed E-state index contributed by atoms with van der Waals surface area (Å²) in [6.45, 7) is 13.2. The number of carbonyl (C=O) groups is 1. The second-order valence-corrected chi connectivity index (χ2v) is 8.78. The molecular weight excluding hydrogens is 390 g/mol. The molecule has 0 aliphatic carbocycles. The molecule has 1 amide bonds. The summed E-state index contributed by atoms with van der Waals surface area (Å²) in [7, 11) is 0. The Hall–Kier alpha value is -2.38. The number of hydrogen-bond acceptors (Lipinski definition) is 5. The summed E-state index contributed by atoms with van der Waals surface area (Å²) in [5.74, 6) is 0. The summed E-state index contributed by atoms with van der Waals surface area (Å²) in [5.41, 5.74) is 5.15. The maximum absolute atomic E-state index is 12.0. The lowest BCUT2D eigenvalue weighted by atomic mass is 9.99. The number of nitrogens with zero attached hydrogens (tertiary/aromatic N) is 5. The molecular formula is C24H35N5O2. The third-order valence-corrected chi connectivity index (χ3v) is 6.56. The molecule has 168 valence electrons. The van der Waals surface area contributed by atoms with Gasteiger partial charge in [0.2, 0.25) is 0 Å². The second kappa shape index (κ2) is 9.83. The summed E-state index contributed by atoms with van der Waals surface area (Å²) in [6, 6.07) is 7.05. The second-order valence-electron chi connectivity index (χ2n) is 8.78. The maximum Gasteiger partial charge on any atom is 0.409 e. The average Bonchev–Trinajstić information content (AvgIpc) is 3.31. The van der Waals surface area contributed by atoms with E-state index in [1.807, 2.05) is 35.0 Å². The van der Waals surface area contributed by atoms with Crippen LogP contribution in [0.5, 0.6) is 0 Å². The Bertz CT molecular complexity index is 874. The minimum atomic E-state index is -0.173. The van der Waals surface area contributed by atoms with E-state index >= 15 is 0 Å². The minimum Gasteiger partial charge on any atom is -0.450 e. The molecule has 0 bridgehead atoms. The van der Waals surface area contributed by atoms with Crippen LogP contribution in [0.3, 0.4) is 0 Å². The van der Waals surface area contributed by atoms with E-state index in [0.29, 0.717) is 12.6 Å². The number of piperidine rings is 1. The predicted molar refractivity (Wildman–Crippen MR) is 122 cm³/mol. The molecule has 0 saturated carbocycles. The molecule has 2 aliphatic rings. The van der Waals surface area contributed by atoms with Crippen LogP contribution in [0.2, 0.25) is 0 Å². The number of hydrogen-bond donors (Lipinski definition) is 0. The molecule has 2 aromatic rings. The van der Waals surface area contributed by atoms with Gasteiger partial charge in [0.05, 0.1) is 12.3 Å². The molecule has 2 saturated heterocycles. The lowest BCUT2D eigenvalue weighted by Crippen LogP contribution is -2.55. The molecule has 2 aliphatic heterocycles. The zero-order valence-corrected chi connectivity index (χ0v) is 19.1. The van der Waals surface area contributed by atoms with Gasteiger partial charge in [-0.3, -0.25) is 9.80 Å². The van der Waals surface area contributed by atoms with E-state index in [1.54, 1.807) is 0 Å². The fourth-order valence-electron chi connectivity index (χ4n) is 4.98. The number of likely N-dealkylation sites (tertiary alicyclic amines) is 1. The Labute approximate surface area is 185 Å². The van der Waals surface area contributed by atoms with Crippen molar-refractivity contribution in [3.05, 3.63) is 47.3 Å². The van der Waals surface area contributed by atoms with Gasteiger partial charge in [-0.15, -0.1) is 0 Å². The van der Waals surface area contributed by atoms with Crippen LogP contribution in [-0.4, -0.2) is 82.5 Å². The molecule has 1 atom stereocenters. The Morgan fingerprint density at radius 2 is 1.97 bits per heavy atom. The summed E-state index contributed by atoms with van der Waals surface area (Å²) in [6.07, 6.45) is 6.14. The predicted octanol–water partition coefficient (Wildman–Crippen LogP) is 3.23. The number of aromatic nitrogens is 2. The fraction of sp³-hybridized carbons (Fsp3) is 0.583. The van der Waals surface area contributed by atoms with E-state index in [0.717, 1.165) is 45.8 Å². The molecule has 0 spiro atoms. The highest BCUT2D eigenvalue weighted by Gasteiger charge is 2.30. The molecule has 31 heavy (non-hydrogen) atoms. The monoisotopic (exact) mass is 425 g/mol. The molecule has 4 rings (SSSR count). The lowest BCUT2D eigenvalue weighted by molar-refractivity contribution is 0.0412. The van der Waals surface area contributed by atoms with Gasteiger partial charge in [-0.1, -0.05) is 6.07 Å². The van der Waals surface area contributed by atoms with Crippen molar-refractivity contribution in [1.82, 2.24) is 24.5 Å². The zero-order chi connectivity index (χ0) is 21.8. The summed E-state index contributed by atoms with van der Waals surface area (Å²) < 4.78 is 7.15. The Morgan fingerprint density at radius 3 is 2.68 bits per heavy atom. The molecule has 2 fully saturated rings. The quantitative estimate of drug-likeness (QED) is 0.736. The van der Waals surface area contributed by atoms with E-state index in [4.69, 9.17) is 4.74 Å². The number of piperazine rings is 1. The third-order valence-electron chi connectivity index (χ3n) is 6.56. The number of benzene rings is 1. The molecule has 0 N–H and O–H groups in total. The third kappa shape index (κ3) is 5.10. The first kappa shape index (κ1) is 21.8. The van der Waals surface area contributed by atoms with Crippen molar-refractivity contribution < 1.29 is 9.53 Å². The van der Waals surface area contributed by atoms with E-state index in [-0.39, 0.29) is 6.09 Å². The summed E-state index contributed by atoms with van der Waals surface area (Å²) in [4.78, 5) is 19.0. The number of amides is 1. The first-order chi connectivity index (χ1) is 15.0. The fourth-order valence-corrected chi connectivity index (χ4v) is 4.98. The zero-order valence-electron chi connectivity index (χ0n) is 19.1. The Morgan fingerprint density at radius 1 is 1.16 bits per heavy atom. The first-order valence-corrected chi connectivity index (χ1v) is 11.5. The van der Waals surface area contributed by atoms with Crippen LogP contribution in [0, 0.1) is 13.8 Å². The van der Waals surface area contributed by atoms with Gasteiger partial charge < -0.3 is 9.64 Å². The summed E-state index contributed by atoms with van der Waals surface area (Å²) in [5, 5.41) is 4.49. The van der Waals surface area contributed by atoms with Gasteiger partial charge in [0.15, 0.2) is 0 Å². The van der Waals surface area contributed by atoms with Crippen LogP contribution in [0.1, 0.15) is 36.5 Å². The van der Waals surface area contributed by atoms with Gasteiger partial charge in [-0.2, -0.15) is 5.10 Å². The smallest absolute Gasteiger partial charge is 0.409 e. The van der Waals surface area contributed by atoms with E-state index in [2.05, 4.69) is 40.9 Å². The van der Waals surface area contributed by atoms with Crippen molar-refractivity contribution in [2.45, 2.75) is 46.2 Å². The van der Waals surface area contributed by atoms with Crippen molar-refractivity contribution in [2.24, 2.45) is 0 Å². The van der Waals surface area contributed by atoms with Gasteiger partial charge in [0.25, 0.3) is 0 Å². The van der Waals surface area contributed by atoms with Crippen LogP contribution < -0.4 is 0 Å². The SMILES string of the molecule is CCOC(=O)N1CCN(C2CCCN(Cc3c(C)cc(C)cc3-n3cccn3)C2)CC1. The molecule has 0 radical (unpaired) electrons. The van der Waals surface area contributed by atoms with Crippen molar-refractivity contribution in [2.75, 3.05) is 45.9 Å². The van der Waals surface area contributed by atoms with Crippen LogP contribution in [0.4, 0.5) is 4.79 Å². The van der Waals surface area contributed by atoms with Gasteiger partial charge >= 0.3 is 6.09 Å². The molecule has 1 aromatic heterocycles. The number of ether oxygens (including phenoxy) is 1. The first-order valence-electron chi connectivity index (χ1n) is 11.5. The van der Waals surface area contributed by atoms with Crippen LogP contribution in [0.25, 0.3) is 5.69 Å². The Balaban J connectivity index is 1.41. The highest BCUT2D eigenvalue weighted by Crippen LogP contribution is 2.25. The van der Waals surface area contributed by atoms with Crippen molar-refractivity contribution in [3.8, 4) is 5.69 Å². The molecule has 7 heteroatoms. The maximum atomic E-state index is 12.0. The van der Waals surface area contributed by atoms with Crippen molar-refractivity contribution in [3.63, 3.8) is 0 Å². The topological polar surface area (TPSA) is 53.8 Å². The highest BCUT2D eigenvalue weighted by molar-refractivity contribution is 5.67. The highest BCUT2D eigenvalue weighted by atomic mass is 16.6. The number of aryl methyl sites for hydroxylation is 2. The van der Waals surface area contributed by atoms with E-state index in [1.165, 1.54) is 35.2 Å². The van der Waals surface area contributed by atoms with Crippen molar-refractivity contribution >= 4 is 6.09 Å². The van der Waals surface area contributed by atoms with Gasteiger partial charge in [0, 0.05) is 57.7 Å². The lowest BCUT2D eigenvalue weighted by Gasteiger charge is -2.43. The number of rotatable bonds is 5. The largest absolute Gasteiger partial charge is 0.450 e. The van der Waals surface area contributed by atoms with Crippen LogP contribution in [-0.2, 0) is 11.3 Å². The molecule has 7 nitrogen and oxygen atoms in total. The molecule has 1 unspecified atom stereocenters. The van der Waals surface area contributed by atoms with Crippen LogP contribution >= 0.6 is 0 Å². The van der Waals surface area contributed by atoms with E-state index in [9.17, 15) is 4.79 Å². The minimum absolute atomic E-state index is 0.173. The molecule has 1 aromatic carbocycles. The number of carbonyl (C=O) groups excluding carboxylic acids is 1.